The number of hydrogen-bond donors (Lipinski definition) is 4. The molecule has 0 radical (unpaired) electrons. The summed E-state index contributed by atoms with van der Waals surface area (Å²) in [5.41, 5.74) is 5.60. The van der Waals surface area contributed by atoms with Gasteiger partial charge in [0.25, 0.3) is 0 Å². The lowest BCUT2D eigenvalue weighted by atomic mass is 9.92. The van der Waals surface area contributed by atoms with Crippen molar-refractivity contribution >= 4 is 17.7 Å². The van der Waals surface area contributed by atoms with E-state index in [0.717, 1.165) is 22.3 Å². The standard InChI is InChI=1S/C30H35N3O4/c1-21(2)17-26(19-28(34)33-37)29(35)32-27(30(36)31-20-23-9-5-3-6-10-23)18-22-13-15-25(16-14-22)24-11-7-4-8-12-24/h3-16,21,26-27,37H,17-20H2,1-2H3,(H,31,36)(H,32,35)(H,33,34)/t26-,27-/m1/s1. The fourth-order valence-electron chi connectivity index (χ4n) is 4.23. The molecule has 3 amide bonds. The summed E-state index contributed by atoms with van der Waals surface area (Å²) in [5.74, 6) is -1.85. The Morgan fingerprint density at radius 1 is 0.757 bits per heavy atom. The van der Waals surface area contributed by atoms with E-state index in [-0.39, 0.29) is 18.2 Å². The zero-order valence-electron chi connectivity index (χ0n) is 21.3. The minimum atomic E-state index is -0.828. The van der Waals surface area contributed by atoms with E-state index in [1.54, 1.807) is 5.48 Å². The van der Waals surface area contributed by atoms with Crippen LogP contribution in [-0.2, 0) is 27.3 Å². The molecule has 0 aromatic heterocycles. The van der Waals surface area contributed by atoms with Gasteiger partial charge in [0.15, 0.2) is 0 Å². The molecule has 4 N–H and O–H groups in total. The molecule has 7 heteroatoms. The van der Waals surface area contributed by atoms with Crippen LogP contribution in [0.5, 0.6) is 0 Å². The van der Waals surface area contributed by atoms with Crippen LogP contribution in [0.1, 0.15) is 37.8 Å². The van der Waals surface area contributed by atoms with Crippen LogP contribution < -0.4 is 16.1 Å². The van der Waals surface area contributed by atoms with Gasteiger partial charge in [-0.2, -0.15) is 0 Å². The fourth-order valence-corrected chi connectivity index (χ4v) is 4.23. The molecule has 7 nitrogen and oxygen atoms in total. The van der Waals surface area contributed by atoms with Gasteiger partial charge in [0.1, 0.15) is 6.04 Å². The summed E-state index contributed by atoms with van der Waals surface area (Å²) in [6.07, 6.45) is 0.579. The molecule has 0 fully saturated rings. The van der Waals surface area contributed by atoms with Gasteiger partial charge in [0.05, 0.1) is 0 Å². The first-order valence-corrected chi connectivity index (χ1v) is 12.5. The maximum atomic E-state index is 13.2. The summed E-state index contributed by atoms with van der Waals surface area (Å²) in [6.45, 7) is 4.24. The number of carbonyl (C=O) groups is 3. The van der Waals surface area contributed by atoms with Crippen LogP contribution >= 0.6 is 0 Å². The molecule has 37 heavy (non-hydrogen) atoms. The first kappa shape index (κ1) is 27.6. The maximum Gasteiger partial charge on any atom is 0.244 e. The second-order valence-corrected chi connectivity index (χ2v) is 9.60. The van der Waals surface area contributed by atoms with Gasteiger partial charge in [0, 0.05) is 25.3 Å². The molecular weight excluding hydrogens is 466 g/mol. The van der Waals surface area contributed by atoms with E-state index in [4.69, 9.17) is 5.21 Å². The molecule has 0 bridgehead atoms. The third kappa shape index (κ3) is 8.88. The molecule has 194 valence electrons. The number of hydroxylamine groups is 1. The van der Waals surface area contributed by atoms with Gasteiger partial charge in [-0.3, -0.25) is 19.6 Å². The zero-order valence-corrected chi connectivity index (χ0v) is 21.3. The lowest BCUT2D eigenvalue weighted by Gasteiger charge is -2.23. The van der Waals surface area contributed by atoms with Crippen LogP contribution in [0.3, 0.4) is 0 Å². The van der Waals surface area contributed by atoms with E-state index in [2.05, 4.69) is 10.6 Å². The first-order chi connectivity index (χ1) is 17.9. The van der Waals surface area contributed by atoms with Crippen LogP contribution in [0.25, 0.3) is 11.1 Å². The van der Waals surface area contributed by atoms with E-state index < -0.39 is 23.8 Å². The average Bonchev–Trinajstić information content (AvgIpc) is 2.92. The SMILES string of the molecule is CC(C)C[C@H](CC(=O)NO)C(=O)N[C@H](Cc1ccc(-c2ccccc2)cc1)C(=O)NCc1ccccc1. The summed E-state index contributed by atoms with van der Waals surface area (Å²) >= 11 is 0. The van der Waals surface area contributed by atoms with Crippen LogP contribution in [-0.4, -0.2) is 29.0 Å². The van der Waals surface area contributed by atoms with Gasteiger partial charge in [-0.05, 0) is 34.6 Å². The Labute approximate surface area is 218 Å². The van der Waals surface area contributed by atoms with Crippen molar-refractivity contribution in [2.45, 2.75) is 45.7 Å². The number of nitrogens with one attached hydrogen (secondary N) is 3. The van der Waals surface area contributed by atoms with Crippen molar-refractivity contribution in [3.63, 3.8) is 0 Å². The highest BCUT2D eigenvalue weighted by Gasteiger charge is 2.28. The first-order valence-electron chi connectivity index (χ1n) is 12.5. The smallest absolute Gasteiger partial charge is 0.244 e. The predicted octanol–water partition coefficient (Wildman–Crippen LogP) is 4.26. The Morgan fingerprint density at radius 3 is 1.95 bits per heavy atom. The van der Waals surface area contributed by atoms with Crippen LogP contribution in [0.15, 0.2) is 84.9 Å². The van der Waals surface area contributed by atoms with Crippen molar-refractivity contribution in [2.75, 3.05) is 0 Å². The minimum Gasteiger partial charge on any atom is -0.350 e. The normalized spacial score (nSPS) is 12.4. The van der Waals surface area contributed by atoms with Gasteiger partial charge in [-0.15, -0.1) is 0 Å². The van der Waals surface area contributed by atoms with Crippen molar-refractivity contribution in [3.8, 4) is 11.1 Å². The molecule has 2 atom stereocenters. The summed E-state index contributed by atoms with van der Waals surface area (Å²) in [4.78, 5) is 38.2. The molecule has 3 rings (SSSR count). The highest BCUT2D eigenvalue weighted by atomic mass is 16.5. The Morgan fingerprint density at radius 2 is 1.35 bits per heavy atom. The molecule has 3 aromatic carbocycles. The molecule has 0 unspecified atom stereocenters. The average molecular weight is 502 g/mol. The van der Waals surface area contributed by atoms with Gasteiger partial charge >= 0.3 is 0 Å². The molecule has 0 aliphatic rings. The lowest BCUT2D eigenvalue weighted by Crippen LogP contribution is -2.50. The van der Waals surface area contributed by atoms with Crippen molar-refractivity contribution in [3.05, 3.63) is 96.1 Å². The van der Waals surface area contributed by atoms with Crippen molar-refractivity contribution in [1.82, 2.24) is 16.1 Å². The monoisotopic (exact) mass is 501 g/mol. The Kier molecular flexibility index (Phi) is 10.4. The largest absolute Gasteiger partial charge is 0.350 e. The van der Waals surface area contributed by atoms with Crippen LogP contribution in [0.2, 0.25) is 0 Å². The minimum absolute atomic E-state index is 0.151. The number of hydrogen-bond acceptors (Lipinski definition) is 4. The fraction of sp³-hybridized carbons (Fsp3) is 0.300. The number of carbonyl (C=O) groups excluding carboxylic acids is 3. The Bertz CT molecular complexity index is 1150. The van der Waals surface area contributed by atoms with E-state index in [1.807, 2.05) is 98.8 Å². The predicted molar refractivity (Wildman–Crippen MR) is 143 cm³/mol. The van der Waals surface area contributed by atoms with Gasteiger partial charge in [-0.25, -0.2) is 5.48 Å². The molecule has 0 aliphatic carbocycles. The second-order valence-electron chi connectivity index (χ2n) is 9.60. The van der Waals surface area contributed by atoms with Crippen molar-refractivity contribution < 1.29 is 19.6 Å². The quantitative estimate of drug-likeness (QED) is 0.220. The topological polar surface area (TPSA) is 108 Å². The van der Waals surface area contributed by atoms with E-state index in [0.29, 0.717) is 19.4 Å². The second kappa shape index (κ2) is 13.9. The van der Waals surface area contributed by atoms with Gasteiger partial charge < -0.3 is 10.6 Å². The van der Waals surface area contributed by atoms with Gasteiger partial charge in [0.2, 0.25) is 17.7 Å². The molecule has 0 saturated heterocycles. The summed E-state index contributed by atoms with van der Waals surface area (Å²) in [5, 5.41) is 14.7. The summed E-state index contributed by atoms with van der Waals surface area (Å²) < 4.78 is 0. The van der Waals surface area contributed by atoms with E-state index in [1.165, 1.54) is 0 Å². The molecule has 0 spiro atoms. The number of benzene rings is 3. The highest BCUT2D eigenvalue weighted by Crippen LogP contribution is 2.20. The van der Waals surface area contributed by atoms with Crippen molar-refractivity contribution in [2.24, 2.45) is 11.8 Å². The van der Waals surface area contributed by atoms with Gasteiger partial charge in [-0.1, -0.05) is 98.8 Å². The summed E-state index contributed by atoms with van der Waals surface area (Å²) in [6, 6.07) is 26.6. The Hall–Kier alpha value is -3.97. The highest BCUT2D eigenvalue weighted by molar-refractivity contribution is 5.90. The number of amides is 3. The molecule has 3 aromatic rings. The molecule has 0 saturated carbocycles. The summed E-state index contributed by atoms with van der Waals surface area (Å²) in [7, 11) is 0. The lowest BCUT2D eigenvalue weighted by molar-refractivity contribution is -0.136. The molecule has 0 heterocycles. The van der Waals surface area contributed by atoms with E-state index in [9.17, 15) is 14.4 Å². The third-order valence-corrected chi connectivity index (χ3v) is 6.13. The van der Waals surface area contributed by atoms with Crippen LogP contribution in [0, 0.1) is 11.8 Å². The van der Waals surface area contributed by atoms with Crippen LogP contribution in [0.4, 0.5) is 0 Å². The van der Waals surface area contributed by atoms with Crippen molar-refractivity contribution in [1.29, 1.82) is 0 Å². The number of rotatable bonds is 12. The molecule has 0 aliphatic heterocycles. The molecular formula is C30H35N3O4. The Balaban J connectivity index is 1.76. The van der Waals surface area contributed by atoms with E-state index >= 15 is 0 Å². The zero-order chi connectivity index (χ0) is 26.6. The third-order valence-electron chi connectivity index (χ3n) is 6.13. The maximum absolute atomic E-state index is 13.2.